The van der Waals surface area contributed by atoms with E-state index in [4.69, 9.17) is 20.1 Å². The highest BCUT2D eigenvalue weighted by molar-refractivity contribution is 6.18. The summed E-state index contributed by atoms with van der Waals surface area (Å²) < 4.78 is 4.40. The molecule has 0 saturated carbocycles. The fraction of sp³-hybridized carbons (Fsp3) is 0. The Balaban J connectivity index is 1.12. The third-order valence-electron chi connectivity index (χ3n) is 9.64. The van der Waals surface area contributed by atoms with Crippen LogP contribution in [0.3, 0.4) is 0 Å². The summed E-state index contributed by atoms with van der Waals surface area (Å²) >= 11 is 0. The molecule has 0 atom stereocenters. The fourth-order valence-electron chi connectivity index (χ4n) is 7.21. The van der Waals surface area contributed by atoms with Gasteiger partial charge in [-0.05, 0) is 59.7 Å². The number of aromatic nitrogens is 6. The molecule has 0 spiro atoms. The molecule has 0 radical (unpaired) electrons. The quantitative estimate of drug-likeness (QED) is 0.177. The van der Waals surface area contributed by atoms with E-state index in [0.29, 0.717) is 17.5 Å². The molecule has 0 amide bonds. The van der Waals surface area contributed by atoms with Crippen molar-refractivity contribution in [2.45, 2.75) is 0 Å². The summed E-state index contributed by atoms with van der Waals surface area (Å²) in [7, 11) is 0. The largest absolute Gasteiger partial charge is 0.308 e. The molecule has 0 aliphatic carbocycles. The number of hydrogen-bond donors (Lipinski definition) is 0. The van der Waals surface area contributed by atoms with E-state index in [1.165, 1.54) is 10.8 Å². The maximum Gasteiger partial charge on any atom is 0.164 e. The molecular formula is C46H30N6. The van der Waals surface area contributed by atoms with Crippen LogP contribution in [0.25, 0.3) is 89.4 Å². The molecule has 3 aromatic heterocycles. The number of rotatable bonds is 6. The third kappa shape index (κ3) is 5.05. The lowest BCUT2D eigenvalue weighted by atomic mass is 10.0. The lowest BCUT2D eigenvalue weighted by Crippen LogP contribution is -2.00. The van der Waals surface area contributed by atoms with Gasteiger partial charge in [0.05, 0.1) is 28.4 Å². The number of fused-ring (bicyclic) bond motifs is 5. The van der Waals surface area contributed by atoms with Crippen LogP contribution in [0.15, 0.2) is 182 Å². The zero-order valence-electron chi connectivity index (χ0n) is 28.0. The summed E-state index contributed by atoms with van der Waals surface area (Å²) in [5, 5.41) is 8.36. The minimum Gasteiger partial charge on any atom is -0.308 e. The average molecular weight is 667 g/mol. The zero-order chi connectivity index (χ0) is 34.4. The Labute approximate surface area is 300 Å². The van der Waals surface area contributed by atoms with Gasteiger partial charge >= 0.3 is 0 Å². The Morgan fingerprint density at radius 2 is 0.885 bits per heavy atom. The minimum absolute atomic E-state index is 0.630. The topological polar surface area (TPSA) is 61.4 Å². The highest BCUT2D eigenvalue weighted by Crippen LogP contribution is 2.38. The van der Waals surface area contributed by atoms with E-state index in [9.17, 15) is 0 Å². The van der Waals surface area contributed by atoms with E-state index >= 15 is 0 Å². The number of hydrogen-bond acceptors (Lipinski definition) is 4. The monoisotopic (exact) mass is 666 g/mol. The van der Waals surface area contributed by atoms with Crippen molar-refractivity contribution in [3.8, 4) is 56.7 Å². The fourth-order valence-corrected chi connectivity index (χ4v) is 7.21. The molecule has 0 saturated heterocycles. The second-order valence-corrected chi connectivity index (χ2v) is 12.8. The van der Waals surface area contributed by atoms with E-state index in [-0.39, 0.29) is 0 Å². The third-order valence-corrected chi connectivity index (χ3v) is 9.64. The van der Waals surface area contributed by atoms with Gasteiger partial charge in [-0.3, -0.25) is 0 Å². The molecule has 0 N–H and O–H groups in total. The van der Waals surface area contributed by atoms with E-state index in [0.717, 1.165) is 61.1 Å². The predicted molar refractivity (Wildman–Crippen MR) is 211 cm³/mol. The van der Waals surface area contributed by atoms with E-state index in [1.54, 1.807) is 0 Å². The normalized spacial score (nSPS) is 11.5. The standard InChI is InChI=1S/C46H30N6/c1-4-14-31(15-5-1)44-48-45(32-16-6-2-7-17-32)50-46(49-44)35-20-12-18-33(28-35)34-19-13-23-37(29-34)51-41-25-11-10-24-38(41)39-26-27-42-40(43(39)51)30-47-52(42)36-21-8-3-9-22-36/h1-30H. The summed E-state index contributed by atoms with van der Waals surface area (Å²) in [6, 6.07) is 60.7. The van der Waals surface area contributed by atoms with Gasteiger partial charge in [-0.1, -0.05) is 127 Å². The van der Waals surface area contributed by atoms with Gasteiger partial charge < -0.3 is 4.57 Å². The molecular weight excluding hydrogens is 637 g/mol. The maximum absolute atomic E-state index is 4.98. The molecule has 3 heterocycles. The maximum atomic E-state index is 4.98. The van der Waals surface area contributed by atoms with Gasteiger partial charge in [-0.2, -0.15) is 5.10 Å². The van der Waals surface area contributed by atoms with Crippen LogP contribution >= 0.6 is 0 Å². The molecule has 7 aromatic carbocycles. The SMILES string of the molecule is c1ccc(-c2nc(-c3ccccc3)nc(-c3cccc(-c4cccc(-n5c6ccccc6c6ccc7c(cnn7-c7ccccc7)c65)c4)c3)n2)cc1. The van der Waals surface area contributed by atoms with Crippen LogP contribution in [-0.2, 0) is 0 Å². The van der Waals surface area contributed by atoms with Gasteiger partial charge in [0.25, 0.3) is 0 Å². The number of para-hydroxylation sites is 2. The lowest BCUT2D eigenvalue weighted by molar-refractivity contribution is 0.911. The van der Waals surface area contributed by atoms with Crippen LogP contribution < -0.4 is 0 Å². The van der Waals surface area contributed by atoms with Gasteiger partial charge in [0.1, 0.15) is 0 Å². The zero-order valence-corrected chi connectivity index (χ0v) is 28.0. The highest BCUT2D eigenvalue weighted by Gasteiger charge is 2.18. The molecule has 0 aliphatic rings. The van der Waals surface area contributed by atoms with Crippen LogP contribution in [0, 0.1) is 0 Å². The summed E-state index contributed by atoms with van der Waals surface area (Å²) in [6.45, 7) is 0. The van der Waals surface area contributed by atoms with Crippen LogP contribution in [0.5, 0.6) is 0 Å². The first kappa shape index (κ1) is 29.7. The summed E-state index contributed by atoms with van der Waals surface area (Å²) in [4.78, 5) is 14.8. The van der Waals surface area contributed by atoms with Crippen molar-refractivity contribution in [3.63, 3.8) is 0 Å². The molecule has 52 heavy (non-hydrogen) atoms. The van der Waals surface area contributed by atoms with Gasteiger partial charge in [0.2, 0.25) is 0 Å². The van der Waals surface area contributed by atoms with Crippen LogP contribution in [0.1, 0.15) is 0 Å². The summed E-state index contributed by atoms with van der Waals surface area (Å²) in [5.41, 5.74) is 10.4. The minimum atomic E-state index is 0.630. The molecule has 244 valence electrons. The molecule has 6 heteroatoms. The molecule has 0 fully saturated rings. The molecule has 0 bridgehead atoms. The lowest BCUT2D eigenvalue weighted by Gasteiger charge is -2.12. The smallest absolute Gasteiger partial charge is 0.164 e. The predicted octanol–water partition coefficient (Wildman–Crippen LogP) is 11.0. The van der Waals surface area contributed by atoms with Crippen LogP contribution in [0.2, 0.25) is 0 Å². The van der Waals surface area contributed by atoms with E-state index in [1.807, 2.05) is 89.7 Å². The Morgan fingerprint density at radius 1 is 0.346 bits per heavy atom. The van der Waals surface area contributed by atoms with Crippen molar-refractivity contribution >= 4 is 32.7 Å². The summed E-state index contributed by atoms with van der Waals surface area (Å²) in [6.07, 6.45) is 2.00. The Morgan fingerprint density at radius 3 is 1.60 bits per heavy atom. The first-order valence-electron chi connectivity index (χ1n) is 17.3. The number of benzene rings is 7. The first-order valence-corrected chi connectivity index (χ1v) is 17.3. The Bertz CT molecular complexity index is 2830. The summed E-state index contributed by atoms with van der Waals surface area (Å²) in [5.74, 6) is 1.92. The second kappa shape index (κ2) is 12.3. The van der Waals surface area contributed by atoms with Crippen LogP contribution in [-0.4, -0.2) is 29.3 Å². The van der Waals surface area contributed by atoms with Crippen molar-refractivity contribution in [1.82, 2.24) is 29.3 Å². The second-order valence-electron chi connectivity index (χ2n) is 12.8. The average Bonchev–Trinajstić information content (AvgIpc) is 3.82. The Kier molecular flexibility index (Phi) is 7.03. The van der Waals surface area contributed by atoms with Crippen molar-refractivity contribution < 1.29 is 0 Å². The molecule has 0 unspecified atom stereocenters. The molecule has 10 rings (SSSR count). The van der Waals surface area contributed by atoms with Gasteiger partial charge in [-0.15, -0.1) is 0 Å². The van der Waals surface area contributed by atoms with Crippen molar-refractivity contribution in [1.29, 1.82) is 0 Å². The van der Waals surface area contributed by atoms with Gasteiger partial charge in [-0.25, -0.2) is 19.6 Å². The van der Waals surface area contributed by atoms with Crippen molar-refractivity contribution in [2.24, 2.45) is 0 Å². The van der Waals surface area contributed by atoms with Crippen molar-refractivity contribution in [3.05, 3.63) is 182 Å². The van der Waals surface area contributed by atoms with E-state index in [2.05, 4.69) is 102 Å². The van der Waals surface area contributed by atoms with E-state index < -0.39 is 0 Å². The van der Waals surface area contributed by atoms with Gasteiger partial charge in [0, 0.05) is 38.5 Å². The molecule has 6 nitrogen and oxygen atoms in total. The first-order chi connectivity index (χ1) is 25.8. The van der Waals surface area contributed by atoms with Crippen molar-refractivity contribution in [2.75, 3.05) is 0 Å². The van der Waals surface area contributed by atoms with Gasteiger partial charge in [0.15, 0.2) is 17.5 Å². The van der Waals surface area contributed by atoms with Crippen LogP contribution in [0.4, 0.5) is 0 Å². The molecule has 10 aromatic rings. The highest BCUT2D eigenvalue weighted by atomic mass is 15.3. The Hall–Kier alpha value is -7.18. The molecule has 0 aliphatic heterocycles. The number of nitrogens with zero attached hydrogens (tertiary/aromatic N) is 6.